The highest BCUT2D eigenvalue weighted by molar-refractivity contribution is 6.06. The number of allylic oxidation sites excluding steroid dienone is 4. The average molecular weight is 530 g/mol. The molecule has 8 rings (SSSR count). The lowest BCUT2D eigenvalue weighted by atomic mass is 9.82. The first-order chi connectivity index (χ1) is 20.1. The molecule has 0 amide bonds. The molecule has 2 aliphatic rings. The largest absolute Gasteiger partial charge is 0.456 e. The highest BCUT2D eigenvalue weighted by Gasteiger charge is 2.35. The van der Waals surface area contributed by atoms with Gasteiger partial charge in [0.15, 0.2) is 0 Å². The summed E-state index contributed by atoms with van der Waals surface area (Å²) in [5.41, 5.74) is 13.3. The van der Waals surface area contributed by atoms with Crippen LogP contribution in [0.1, 0.15) is 43.4 Å². The minimum atomic E-state index is -0.0663. The minimum Gasteiger partial charge on any atom is -0.456 e. The molecule has 1 heterocycles. The van der Waals surface area contributed by atoms with Gasteiger partial charge in [-0.3, -0.25) is 0 Å². The maximum atomic E-state index is 6.17. The van der Waals surface area contributed by atoms with E-state index in [0.29, 0.717) is 0 Å². The second kappa shape index (κ2) is 9.11. The van der Waals surface area contributed by atoms with E-state index >= 15 is 0 Å². The van der Waals surface area contributed by atoms with Gasteiger partial charge in [-0.05, 0) is 94.8 Å². The quantitative estimate of drug-likeness (QED) is 0.226. The van der Waals surface area contributed by atoms with E-state index in [1.807, 2.05) is 12.1 Å². The van der Waals surface area contributed by atoms with Crippen LogP contribution < -0.4 is 4.90 Å². The Balaban J connectivity index is 1.30. The SMILES string of the molecule is CC1(C)c2ccccc2-c2ccc(N(c3ccc(C4=CC=CCC4)cc3)c3ccc4oc5ccccc5c4c3)cc21. The maximum Gasteiger partial charge on any atom is 0.135 e. The number of benzene rings is 5. The van der Waals surface area contributed by atoms with Gasteiger partial charge in [0.25, 0.3) is 0 Å². The fourth-order valence-corrected chi connectivity index (χ4v) is 6.80. The predicted molar refractivity (Wildman–Crippen MR) is 172 cm³/mol. The number of fused-ring (bicyclic) bond motifs is 6. The summed E-state index contributed by atoms with van der Waals surface area (Å²) in [5, 5.41) is 2.27. The van der Waals surface area contributed by atoms with Gasteiger partial charge in [0.2, 0.25) is 0 Å². The zero-order valence-electron chi connectivity index (χ0n) is 23.4. The van der Waals surface area contributed by atoms with Crippen molar-refractivity contribution in [3.8, 4) is 11.1 Å². The van der Waals surface area contributed by atoms with Crippen molar-refractivity contribution in [3.63, 3.8) is 0 Å². The molecule has 0 bridgehead atoms. The lowest BCUT2D eigenvalue weighted by molar-refractivity contribution is 0.660. The van der Waals surface area contributed by atoms with E-state index in [1.165, 1.54) is 33.4 Å². The second-order valence-corrected chi connectivity index (χ2v) is 11.7. The normalized spacial score (nSPS) is 15.1. The van der Waals surface area contributed by atoms with Crippen LogP contribution in [0.25, 0.3) is 38.6 Å². The molecule has 0 spiro atoms. The number of hydrogen-bond acceptors (Lipinski definition) is 2. The fraction of sp³-hybridized carbons (Fsp3) is 0.128. The van der Waals surface area contributed by atoms with Gasteiger partial charge >= 0.3 is 0 Å². The van der Waals surface area contributed by atoms with Crippen molar-refractivity contribution < 1.29 is 4.42 Å². The van der Waals surface area contributed by atoms with Crippen LogP contribution in [0.5, 0.6) is 0 Å². The third kappa shape index (κ3) is 3.78. The van der Waals surface area contributed by atoms with E-state index in [9.17, 15) is 0 Å². The number of rotatable bonds is 4. The van der Waals surface area contributed by atoms with Gasteiger partial charge < -0.3 is 9.32 Å². The van der Waals surface area contributed by atoms with Crippen LogP contribution in [-0.2, 0) is 5.41 Å². The van der Waals surface area contributed by atoms with Crippen molar-refractivity contribution in [1.29, 1.82) is 0 Å². The molecule has 0 atom stereocenters. The van der Waals surface area contributed by atoms with E-state index in [4.69, 9.17) is 4.42 Å². The van der Waals surface area contributed by atoms with Gasteiger partial charge in [0, 0.05) is 33.2 Å². The Morgan fingerprint density at radius 2 is 1.34 bits per heavy atom. The van der Waals surface area contributed by atoms with Crippen molar-refractivity contribution in [2.75, 3.05) is 4.90 Å². The number of furan rings is 1. The van der Waals surface area contributed by atoms with Crippen LogP contribution in [0.2, 0.25) is 0 Å². The molecule has 1 aromatic heterocycles. The Morgan fingerprint density at radius 1 is 0.634 bits per heavy atom. The number of hydrogen-bond donors (Lipinski definition) is 0. The molecule has 2 heteroatoms. The molecule has 0 unspecified atom stereocenters. The van der Waals surface area contributed by atoms with Crippen LogP contribution in [-0.4, -0.2) is 0 Å². The lowest BCUT2D eigenvalue weighted by Gasteiger charge is -2.28. The Labute approximate surface area is 240 Å². The van der Waals surface area contributed by atoms with Crippen LogP contribution in [0, 0.1) is 0 Å². The number of anilines is 3. The molecule has 0 radical (unpaired) electrons. The zero-order chi connectivity index (χ0) is 27.6. The topological polar surface area (TPSA) is 16.4 Å². The molecule has 0 fully saturated rings. The Bertz CT molecular complexity index is 2020. The Morgan fingerprint density at radius 3 is 2.20 bits per heavy atom. The Kier molecular flexibility index (Phi) is 5.33. The highest BCUT2D eigenvalue weighted by Crippen LogP contribution is 2.50. The first-order valence-corrected chi connectivity index (χ1v) is 14.5. The van der Waals surface area contributed by atoms with Crippen molar-refractivity contribution in [1.82, 2.24) is 0 Å². The van der Waals surface area contributed by atoms with Gasteiger partial charge in [-0.2, -0.15) is 0 Å². The molecule has 41 heavy (non-hydrogen) atoms. The van der Waals surface area contributed by atoms with E-state index in [2.05, 4.69) is 134 Å². The summed E-state index contributed by atoms with van der Waals surface area (Å²) < 4.78 is 6.17. The summed E-state index contributed by atoms with van der Waals surface area (Å²) in [7, 11) is 0. The fourth-order valence-electron chi connectivity index (χ4n) is 6.80. The standard InChI is InChI=1S/C39H31NO/c1-39(2)35-14-8-6-12-31(35)32-22-20-30(25-36(32)39)40(28-18-16-27(17-19-28)26-10-4-3-5-11-26)29-21-23-38-34(24-29)33-13-7-9-15-37(33)41-38/h3-4,6-10,12-25H,5,11H2,1-2H3. The zero-order valence-corrected chi connectivity index (χ0v) is 23.4. The summed E-state index contributed by atoms with van der Waals surface area (Å²) in [4.78, 5) is 2.39. The van der Waals surface area contributed by atoms with Crippen molar-refractivity contribution in [2.45, 2.75) is 32.1 Å². The third-order valence-corrected chi connectivity index (χ3v) is 8.95. The summed E-state index contributed by atoms with van der Waals surface area (Å²) in [6.45, 7) is 4.69. The van der Waals surface area contributed by atoms with Crippen molar-refractivity contribution in [3.05, 3.63) is 144 Å². The van der Waals surface area contributed by atoms with Gasteiger partial charge in [-0.1, -0.05) is 92.7 Å². The van der Waals surface area contributed by atoms with E-state index in [0.717, 1.165) is 51.8 Å². The van der Waals surface area contributed by atoms with Gasteiger partial charge in [0.1, 0.15) is 11.2 Å². The average Bonchev–Trinajstić information content (AvgIpc) is 3.50. The molecule has 198 valence electrons. The first-order valence-electron chi connectivity index (χ1n) is 14.5. The van der Waals surface area contributed by atoms with Gasteiger partial charge in [-0.25, -0.2) is 0 Å². The minimum absolute atomic E-state index is 0.0663. The van der Waals surface area contributed by atoms with Gasteiger partial charge in [0.05, 0.1) is 0 Å². The maximum absolute atomic E-state index is 6.17. The molecular formula is C39H31NO. The molecular weight excluding hydrogens is 498 g/mol. The first kappa shape index (κ1) is 24.0. The van der Waals surface area contributed by atoms with Crippen LogP contribution in [0.3, 0.4) is 0 Å². The van der Waals surface area contributed by atoms with Crippen LogP contribution in [0.15, 0.2) is 132 Å². The molecule has 6 aromatic rings. The number of nitrogens with zero attached hydrogens (tertiary/aromatic N) is 1. The molecule has 0 saturated carbocycles. The van der Waals surface area contributed by atoms with Gasteiger partial charge in [-0.15, -0.1) is 0 Å². The summed E-state index contributed by atoms with van der Waals surface area (Å²) in [5.74, 6) is 0. The predicted octanol–water partition coefficient (Wildman–Crippen LogP) is 11.1. The van der Waals surface area contributed by atoms with E-state index in [-0.39, 0.29) is 5.41 Å². The summed E-state index contributed by atoms with van der Waals surface area (Å²) in [6, 6.07) is 39.7. The monoisotopic (exact) mass is 529 g/mol. The molecule has 2 nitrogen and oxygen atoms in total. The molecule has 2 aliphatic carbocycles. The van der Waals surface area contributed by atoms with E-state index in [1.54, 1.807) is 0 Å². The Hall–Kier alpha value is -4.82. The van der Waals surface area contributed by atoms with Crippen molar-refractivity contribution >= 4 is 44.6 Å². The summed E-state index contributed by atoms with van der Waals surface area (Å²) >= 11 is 0. The van der Waals surface area contributed by atoms with Crippen LogP contribution in [0.4, 0.5) is 17.1 Å². The summed E-state index contributed by atoms with van der Waals surface area (Å²) in [6.07, 6.45) is 8.85. The van der Waals surface area contributed by atoms with Crippen molar-refractivity contribution in [2.24, 2.45) is 0 Å². The second-order valence-electron chi connectivity index (χ2n) is 11.7. The lowest BCUT2D eigenvalue weighted by Crippen LogP contribution is -2.16. The number of para-hydroxylation sites is 1. The smallest absolute Gasteiger partial charge is 0.135 e. The molecule has 0 N–H and O–H groups in total. The molecule has 5 aromatic carbocycles. The molecule has 0 aliphatic heterocycles. The third-order valence-electron chi connectivity index (χ3n) is 8.95. The van der Waals surface area contributed by atoms with E-state index < -0.39 is 0 Å². The highest BCUT2D eigenvalue weighted by atomic mass is 16.3. The molecule has 0 saturated heterocycles. The van der Waals surface area contributed by atoms with Crippen LogP contribution >= 0.6 is 0 Å².